The van der Waals surface area contributed by atoms with Crippen LogP contribution >= 0.6 is 0 Å². The third kappa shape index (κ3) is 3.53. The Hall–Kier alpha value is -0.830. The molecule has 0 bridgehead atoms. The Balaban J connectivity index is 3.98. The van der Waals surface area contributed by atoms with E-state index in [1.54, 1.807) is 19.9 Å². The van der Waals surface area contributed by atoms with Crippen LogP contribution in [0.15, 0.2) is 11.6 Å². The number of ether oxygens (including phenoxy) is 1. The molecule has 70 valence electrons. The van der Waals surface area contributed by atoms with Crippen LogP contribution in [-0.4, -0.2) is 23.8 Å². The quantitative estimate of drug-likeness (QED) is 0.513. The van der Waals surface area contributed by atoms with Crippen molar-refractivity contribution in [3.8, 4) is 0 Å². The number of carbonyl (C=O) groups is 1. The molecule has 0 aliphatic rings. The molecule has 0 saturated carbocycles. The molecular weight excluding hydrogens is 156 g/mol. The van der Waals surface area contributed by atoms with Crippen molar-refractivity contribution in [2.75, 3.05) is 6.61 Å². The molecule has 0 heterocycles. The lowest BCUT2D eigenvalue weighted by atomic mass is 10.2. The standard InChI is InChI=1S/C9H16O3/c1-4-7(3)9(11)12-8(5-2)6-10/h4,8,10H,5-6H2,1-3H3. The highest BCUT2D eigenvalue weighted by Crippen LogP contribution is 2.02. The number of rotatable bonds is 4. The summed E-state index contributed by atoms with van der Waals surface area (Å²) in [6, 6.07) is 0. The first kappa shape index (κ1) is 11.2. The second kappa shape index (κ2) is 5.77. The highest BCUT2D eigenvalue weighted by Gasteiger charge is 2.11. The van der Waals surface area contributed by atoms with E-state index in [1.165, 1.54) is 0 Å². The van der Waals surface area contributed by atoms with Gasteiger partial charge in [-0.25, -0.2) is 4.79 Å². The zero-order valence-electron chi connectivity index (χ0n) is 7.83. The first-order chi connectivity index (χ1) is 5.65. The van der Waals surface area contributed by atoms with Gasteiger partial charge in [0, 0.05) is 5.57 Å². The zero-order valence-corrected chi connectivity index (χ0v) is 7.83. The van der Waals surface area contributed by atoms with Gasteiger partial charge in [0.1, 0.15) is 6.10 Å². The van der Waals surface area contributed by atoms with Crippen molar-refractivity contribution in [1.82, 2.24) is 0 Å². The molecule has 0 saturated heterocycles. The number of hydrogen-bond acceptors (Lipinski definition) is 3. The molecule has 0 amide bonds. The maximum absolute atomic E-state index is 11.1. The fourth-order valence-electron chi connectivity index (χ4n) is 0.612. The normalized spacial score (nSPS) is 14.2. The largest absolute Gasteiger partial charge is 0.457 e. The number of esters is 1. The highest BCUT2D eigenvalue weighted by molar-refractivity contribution is 5.87. The summed E-state index contributed by atoms with van der Waals surface area (Å²) in [5, 5.41) is 8.73. The lowest BCUT2D eigenvalue weighted by Crippen LogP contribution is -2.21. The third-order valence-corrected chi connectivity index (χ3v) is 1.69. The molecule has 0 aromatic carbocycles. The van der Waals surface area contributed by atoms with Crippen LogP contribution in [0.5, 0.6) is 0 Å². The van der Waals surface area contributed by atoms with Crippen molar-refractivity contribution in [1.29, 1.82) is 0 Å². The molecule has 0 aliphatic carbocycles. The van der Waals surface area contributed by atoms with E-state index >= 15 is 0 Å². The van der Waals surface area contributed by atoms with E-state index in [9.17, 15) is 4.79 Å². The van der Waals surface area contributed by atoms with E-state index in [1.807, 2.05) is 6.92 Å². The van der Waals surface area contributed by atoms with E-state index in [0.717, 1.165) is 0 Å². The molecule has 1 unspecified atom stereocenters. The fourth-order valence-corrected chi connectivity index (χ4v) is 0.612. The van der Waals surface area contributed by atoms with Gasteiger partial charge in [-0.2, -0.15) is 0 Å². The molecule has 0 aliphatic heterocycles. The Labute approximate surface area is 73.0 Å². The minimum absolute atomic E-state index is 0.112. The molecule has 0 fully saturated rings. The maximum Gasteiger partial charge on any atom is 0.333 e. The predicted molar refractivity (Wildman–Crippen MR) is 46.7 cm³/mol. The lowest BCUT2D eigenvalue weighted by molar-refractivity contribution is -0.146. The Morgan fingerprint density at radius 2 is 2.25 bits per heavy atom. The SMILES string of the molecule is CC=C(C)C(=O)OC(CC)CO. The number of hydrogen-bond donors (Lipinski definition) is 1. The zero-order chi connectivity index (χ0) is 9.56. The van der Waals surface area contributed by atoms with Gasteiger partial charge in [-0.05, 0) is 20.3 Å². The van der Waals surface area contributed by atoms with Crippen LogP contribution < -0.4 is 0 Å². The Morgan fingerprint density at radius 1 is 1.67 bits per heavy atom. The van der Waals surface area contributed by atoms with Crippen LogP contribution in [0.3, 0.4) is 0 Å². The van der Waals surface area contributed by atoms with Gasteiger partial charge in [-0.3, -0.25) is 0 Å². The fraction of sp³-hybridized carbons (Fsp3) is 0.667. The average Bonchev–Trinajstić information content (AvgIpc) is 2.12. The van der Waals surface area contributed by atoms with Gasteiger partial charge in [0.05, 0.1) is 6.61 Å². The number of allylic oxidation sites excluding steroid dienone is 1. The number of aliphatic hydroxyl groups is 1. The molecule has 0 spiro atoms. The van der Waals surface area contributed by atoms with Crippen LogP contribution in [0.1, 0.15) is 27.2 Å². The lowest BCUT2D eigenvalue weighted by Gasteiger charge is -2.12. The van der Waals surface area contributed by atoms with E-state index in [0.29, 0.717) is 12.0 Å². The van der Waals surface area contributed by atoms with Crippen LogP contribution in [0.2, 0.25) is 0 Å². The molecule has 0 aromatic rings. The van der Waals surface area contributed by atoms with Gasteiger partial charge in [0.15, 0.2) is 0 Å². The second-order valence-electron chi connectivity index (χ2n) is 2.59. The summed E-state index contributed by atoms with van der Waals surface area (Å²) in [5.41, 5.74) is 0.571. The van der Waals surface area contributed by atoms with Crippen molar-refractivity contribution < 1.29 is 14.6 Å². The molecule has 3 heteroatoms. The van der Waals surface area contributed by atoms with Crippen LogP contribution in [-0.2, 0) is 9.53 Å². The van der Waals surface area contributed by atoms with Crippen molar-refractivity contribution in [2.45, 2.75) is 33.3 Å². The van der Waals surface area contributed by atoms with Crippen LogP contribution in [0, 0.1) is 0 Å². The van der Waals surface area contributed by atoms with Gasteiger partial charge in [0.25, 0.3) is 0 Å². The first-order valence-corrected chi connectivity index (χ1v) is 4.10. The van der Waals surface area contributed by atoms with Gasteiger partial charge in [-0.1, -0.05) is 13.0 Å². The van der Waals surface area contributed by atoms with Gasteiger partial charge < -0.3 is 9.84 Å². The van der Waals surface area contributed by atoms with Crippen LogP contribution in [0.4, 0.5) is 0 Å². The smallest absolute Gasteiger partial charge is 0.333 e. The average molecular weight is 172 g/mol. The second-order valence-corrected chi connectivity index (χ2v) is 2.59. The van der Waals surface area contributed by atoms with Crippen molar-refractivity contribution >= 4 is 5.97 Å². The van der Waals surface area contributed by atoms with E-state index in [4.69, 9.17) is 9.84 Å². The van der Waals surface area contributed by atoms with Gasteiger partial charge in [-0.15, -0.1) is 0 Å². The number of carbonyl (C=O) groups excluding carboxylic acids is 1. The molecule has 12 heavy (non-hydrogen) atoms. The molecule has 1 N–H and O–H groups in total. The maximum atomic E-state index is 11.1. The Bertz CT molecular complexity index is 169. The summed E-state index contributed by atoms with van der Waals surface area (Å²) in [7, 11) is 0. The van der Waals surface area contributed by atoms with Gasteiger partial charge in [0.2, 0.25) is 0 Å². The summed E-state index contributed by atoms with van der Waals surface area (Å²) in [6.07, 6.45) is 1.96. The number of aliphatic hydroxyl groups excluding tert-OH is 1. The van der Waals surface area contributed by atoms with Gasteiger partial charge >= 0.3 is 5.97 Å². The summed E-state index contributed by atoms with van der Waals surface area (Å²) in [6.45, 7) is 5.21. The van der Waals surface area contributed by atoms with Crippen LogP contribution in [0.25, 0.3) is 0 Å². The summed E-state index contributed by atoms with van der Waals surface area (Å²) >= 11 is 0. The minimum atomic E-state index is -0.368. The summed E-state index contributed by atoms with van der Waals surface area (Å²) in [5.74, 6) is -0.349. The molecule has 3 nitrogen and oxygen atoms in total. The van der Waals surface area contributed by atoms with Crippen molar-refractivity contribution in [3.05, 3.63) is 11.6 Å². The highest BCUT2D eigenvalue weighted by atomic mass is 16.6. The van der Waals surface area contributed by atoms with E-state index in [2.05, 4.69) is 0 Å². The summed E-state index contributed by atoms with van der Waals surface area (Å²) < 4.78 is 4.94. The first-order valence-electron chi connectivity index (χ1n) is 4.10. The molecule has 0 rings (SSSR count). The Kier molecular flexibility index (Phi) is 5.37. The molecule has 0 aromatic heterocycles. The van der Waals surface area contributed by atoms with E-state index in [-0.39, 0.29) is 18.7 Å². The van der Waals surface area contributed by atoms with Crippen molar-refractivity contribution in [3.63, 3.8) is 0 Å². The molecule has 1 atom stereocenters. The monoisotopic (exact) mass is 172 g/mol. The predicted octanol–water partition coefficient (Wildman–Crippen LogP) is 1.27. The molecule has 0 radical (unpaired) electrons. The third-order valence-electron chi connectivity index (χ3n) is 1.69. The molecular formula is C9H16O3. The Morgan fingerprint density at radius 3 is 2.58 bits per heavy atom. The summed E-state index contributed by atoms with van der Waals surface area (Å²) in [4.78, 5) is 11.1. The minimum Gasteiger partial charge on any atom is -0.457 e. The topological polar surface area (TPSA) is 46.5 Å². The van der Waals surface area contributed by atoms with Crippen molar-refractivity contribution in [2.24, 2.45) is 0 Å². The van der Waals surface area contributed by atoms with E-state index < -0.39 is 0 Å².